The molecule has 8 heteroatoms. The molecule has 1 aliphatic heterocycles. The lowest BCUT2D eigenvalue weighted by molar-refractivity contribution is 0.372. The summed E-state index contributed by atoms with van der Waals surface area (Å²) in [6.45, 7) is 12.2. The van der Waals surface area contributed by atoms with Crippen molar-refractivity contribution in [1.82, 2.24) is 25.0 Å². The Morgan fingerprint density at radius 2 is 2.00 bits per heavy atom. The number of anilines is 1. The molecule has 0 radical (unpaired) electrons. The van der Waals surface area contributed by atoms with Crippen molar-refractivity contribution >= 4 is 23.2 Å². The van der Waals surface area contributed by atoms with Gasteiger partial charge in [0.1, 0.15) is 12.9 Å². The number of hydrogen-bond donors (Lipinski definition) is 1. The fourth-order valence-electron chi connectivity index (χ4n) is 3.32. The number of piperazine rings is 1. The number of aromatic nitrogens is 3. The van der Waals surface area contributed by atoms with Crippen molar-refractivity contribution in [2.75, 3.05) is 37.6 Å². The fraction of sp³-hybridized carbons (Fsp3) is 0.526. The quantitative estimate of drug-likeness (QED) is 0.629. The molecule has 1 aliphatic rings. The number of hydrogen-bond acceptors (Lipinski definition) is 4. The molecule has 1 aromatic carbocycles. The minimum Gasteiger partial charge on any atom is -0.368 e. The number of rotatable bonds is 5. The number of aryl methyl sites for hydroxylation is 2. The van der Waals surface area contributed by atoms with Gasteiger partial charge in [-0.2, -0.15) is 0 Å². The zero-order chi connectivity index (χ0) is 19.2. The van der Waals surface area contributed by atoms with Crippen molar-refractivity contribution in [1.29, 1.82) is 0 Å². The molecule has 1 saturated heterocycles. The maximum atomic E-state index is 6.19. The van der Waals surface area contributed by atoms with Gasteiger partial charge in [-0.15, -0.1) is 10.2 Å². The fourth-order valence-corrected chi connectivity index (χ4v) is 3.49. The normalized spacial score (nSPS) is 15.3. The second kappa shape index (κ2) is 9.08. The van der Waals surface area contributed by atoms with Crippen LogP contribution in [0.4, 0.5) is 5.69 Å². The van der Waals surface area contributed by atoms with Gasteiger partial charge in [-0.3, -0.25) is 0 Å². The molecule has 146 valence electrons. The summed E-state index contributed by atoms with van der Waals surface area (Å²) in [4.78, 5) is 9.50. The van der Waals surface area contributed by atoms with E-state index >= 15 is 0 Å². The van der Waals surface area contributed by atoms with Crippen LogP contribution in [-0.2, 0) is 13.1 Å². The highest BCUT2D eigenvalue weighted by Crippen LogP contribution is 2.25. The molecule has 0 atom stereocenters. The molecule has 1 aromatic heterocycles. The summed E-state index contributed by atoms with van der Waals surface area (Å²) in [6.07, 6.45) is 1.75. The molecule has 0 bridgehead atoms. The van der Waals surface area contributed by atoms with Gasteiger partial charge < -0.3 is 19.7 Å². The molecule has 7 nitrogen and oxygen atoms in total. The number of halogens is 1. The summed E-state index contributed by atoms with van der Waals surface area (Å²) in [5.41, 5.74) is 2.48. The minimum absolute atomic E-state index is 0.532. The van der Waals surface area contributed by atoms with Gasteiger partial charge in [-0.25, -0.2) is 4.99 Å². The molecule has 2 aromatic rings. The summed E-state index contributed by atoms with van der Waals surface area (Å²) in [5, 5.41) is 12.3. The van der Waals surface area contributed by atoms with Gasteiger partial charge in [0, 0.05) is 50.0 Å². The Bertz CT molecular complexity index is 778. The number of nitrogens with zero attached hydrogens (tertiary/aromatic N) is 6. The van der Waals surface area contributed by atoms with E-state index in [4.69, 9.17) is 16.6 Å². The lowest BCUT2D eigenvalue weighted by Crippen LogP contribution is -2.52. The average molecular weight is 390 g/mol. The average Bonchev–Trinajstić information content (AvgIpc) is 3.15. The first-order valence-electron chi connectivity index (χ1n) is 9.53. The Balaban J connectivity index is 1.66. The van der Waals surface area contributed by atoms with Crippen LogP contribution in [0.25, 0.3) is 0 Å². The summed E-state index contributed by atoms with van der Waals surface area (Å²) in [7, 11) is 0. The molecule has 0 aliphatic carbocycles. The third-order valence-electron chi connectivity index (χ3n) is 4.83. The van der Waals surface area contributed by atoms with Gasteiger partial charge in [-0.1, -0.05) is 17.7 Å². The minimum atomic E-state index is 0.532. The van der Waals surface area contributed by atoms with Gasteiger partial charge in [0.2, 0.25) is 0 Å². The molecule has 3 rings (SSSR count). The smallest absolute Gasteiger partial charge is 0.194 e. The molecule has 1 fully saturated rings. The van der Waals surface area contributed by atoms with Gasteiger partial charge in [0.05, 0.1) is 0 Å². The molecular formula is C19H28ClN7. The van der Waals surface area contributed by atoms with Crippen LogP contribution in [-0.4, -0.2) is 58.3 Å². The highest BCUT2D eigenvalue weighted by Gasteiger charge is 2.21. The Hall–Kier alpha value is -2.28. The van der Waals surface area contributed by atoms with E-state index < -0.39 is 0 Å². The lowest BCUT2D eigenvalue weighted by Gasteiger charge is -2.38. The van der Waals surface area contributed by atoms with Crippen LogP contribution in [0.15, 0.2) is 29.5 Å². The number of benzene rings is 1. The molecule has 0 saturated carbocycles. The third-order valence-corrected chi connectivity index (χ3v) is 5.07. The topological polar surface area (TPSA) is 61.6 Å². The van der Waals surface area contributed by atoms with Gasteiger partial charge in [0.25, 0.3) is 0 Å². The maximum Gasteiger partial charge on any atom is 0.194 e. The predicted octanol–water partition coefficient (Wildman–Crippen LogP) is 2.55. The second-order valence-electron chi connectivity index (χ2n) is 6.61. The van der Waals surface area contributed by atoms with Crippen LogP contribution in [0.5, 0.6) is 0 Å². The van der Waals surface area contributed by atoms with Crippen molar-refractivity contribution in [3.05, 3.63) is 40.9 Å². The molecular weight excluding hydrogens is 362 g/mol. The van der Waals surface area contributed by atoms with Crippen LogP contribution in [0.2, 0.25) is 5.02 Å². The summed E-state index contributed by atoms with van der Waals surface area (Å²) >= 11 is 6.19. The van der Waals surface area contributed by atoms with E-state index in [1.165, 1.54) is 11.3 Å². The largest absolute Gasteiger partial charge is 0.368 e. The predicted molar refractivity (Wildman–Crippen MR) is 110 cm³/mol. The van der Waals surface area contributed by atoms with E-state index in [0.717, 1.165) is 56.1 Å². The van der Waals surface area contributed by atoms with Crippen molar-refractivity contribution in [3.8, 4) is 0 Å². The monoisotopic (exact) mass is 389 g/mol. The summed E-state index contributed by atoms with van der Waals surface area (Å²) < 4.78 is 2.02. The molecule has 1 N–H and O–H groups in total. The summed E-state index contributed by atoms with van der Waals surface area (Å²) in [6, 6.07) is 6.09. The van der Waals surface area contributed by atoms with Crippen molar-refractivity contribution in [2.24, 2.45) is 4.99 Å². The Labute approximate surface area is 166 Å². The Kier molecular flexibility index (Phi) is 6.55. The standard InChI is InChI=1S/C19H28ClN7/c1-4-21-19(22-13-18-24-23-14-25(18)5-2)27-10-8-26(9-11-27)17-12-16(20)7-6-15(17)3/h6-7,12,14H,4-5,8-11,13H2,1-3H3,(H,21,22). The van der Waals surface area contributed by atoms with Crippen LogP contribution in [0, 0.1) is 6.92 Å². The zero-order valence-electron chi connectivity index (χ0n) is 16.3. The van der Waals surface area contributed by atoms with E-state index in [-0.39, 0.29) is 0 Å². The SMILES string of the molecule is CCNC(=NCc1nncn1CC)N1CCN(c2cc(Cl)ccc2C)CC1. The second-order valence-corrected chi connectivity index (χ2v) is 7.04. The van der Waals surface area contributed by atoms with E-state index in [1.54, 1.807) is 6.33 Å². The number of aliphatic imine (C=N–C) groups is 1. The van der Waals surface area contributed by atoms with Crippen LogP contribution < -0.4 is 10.2 Å². The Morgan fingerprint density at radius 1 is 1.22 bits per heavy atom. The van der Waals surface area contributed by atoms with Gasteiger partial charge in [0.15, 0.2) is 11.8 Å². The highest BCUT2D eigenvalue weighted by molar-refractivity contribution is 6.30. The zero-order valence-corrected chi connectivity index (χ0v) is 17.1. The molecule has 2 heterocycles. The van der Waals surface area contributed by atoms with E-state index in [0.29, 0.717) is 6.54 Å². The van der Waals surface area contributed by atoms with Crippen LogP contribution >= 0.6 is 11.6 Å². The summed E-state index contributed by atoms with van der Waals surface area (Å²) in [5.74, 6) is 1.83. The van der Waals surface area contributed by atoms with Crippen molar-refractivity contribution < 1.29 is 0 Å². The molecule has 0 unspecified atom stereocenters. The van der Waals surface area contributed by atoms with Crippen LogP contribution in [0.1, 0.15) is 25.2 Å². The van der Waals surface area contributed by atoms with Crippen molar-refractivity contribution in [3.63, 3.8) is 0 Å². The lowest BCUT2D eigenvalue weighted by atomic mass is 10.1. The van der Waals surface area contributed by atoms with Crippen molar-refractivity contribution in [2.45, 2.75) is 33.9 Å². The van der Waals surface area contributed by atoms with E-state index in [1.807, 2.05) is 10.6 Å². The van der Waals surface area contributed by atoms with Gasteiger partial charge >= 0.3 is 0 Å². The molecule has 0 spiro atoms. The third kappa shape index (κ3) is 4.71. The number of guanidine groups is 1. The first-order valence-corrected chi connectivity index (χ1v) is 9.91. The van der Waals surface area contributed by atoms with Gasteiger partial charge in [-0.05, 0) is 38.5 Å². The molecule has 0 amide bonds. The first kappa shape index (κ1) is 19.5. The van der Waals surface area contributed by atoms with E-state index in [9.17, 15) is 0 Å². The first-order chi connectivity index (χ1) is 13.1. The van der Waals surface area contributed by atoms with E-state index in [2.05, 4.69) is 58.2 Å². The highest BCUT2D eigenvalue weighted by atomic mass is 35.5. The number of nitrogens with one attached hydrogen (secondary N) is 1. The molecule has 27 heavy (non-hydrogen) atoms. The maximum absolute atomic E-state index is 6.19. The van der Waals surface area contributed by atoms with Crippen LogP contribution in [0.3, 0.4) is 0 Å². The Morgan fingerprint density at radius 3 is 2.70 bits per heavy atom.